The van der Waals surface area contributed by atoms with Crippen LogP contribution in [0.2, 0.25) is 0 Å². The third kappa shape index (κ3) is 3.52. The molecule has 0 unspecified atom stereocenters. The smallest absolute Gasteiger partial charge is 0.254 e. The van der Waals surface area contributed by atoms with E-state index in [4.69, 9.17) is 4.74 Å². The van der Waals surface area contributed by atoms with E-state index in [2.05, 4.69) is 16.5 Å². The third-order valence-electron chi connectivity index (χ3n) is 5.69. The lowest BCUT2D eigenvalue weighted by Gasteiger charge is -2.31. The van der Waals surface area contributed by atoms with Gasteiger partial charge in [-0.1, -0.05) is 49.2 Å². The first-order valence-corrected chi connectivity index (χ1v) is 9.74. The van der Waals surface area contributed by atoms with Crippen molar-refractivity contribution in [1.29, 1.82) is 0 Å². The first-order chi connectivity index (χ1) is 13.7. The van der Waals surface area contributed by atoms with E-state index >= 15 is 0 Å². The Balaban J connectivity index is 1.51. The maximum absolute atomic E-state index is 12.8. The molecule has 2 aromatic carbocycles. The lowest BCUT2D eigenvalue weighted by Crippen LogP contribution is -2.39. The van der Waals surface area contributed by atoms with Crippen LogP contribution in [0.3, 0.4) is 0 Å². The van der Waals surface area contributed by atoms with Crippen molar-refractivity contribution in [3.8, 4) is 11.4 Å². The quantitative estimate of drug-likeness (QED) is 0.705. The highest BCUT2D eigenvalue weighted by Crippen LogP contribution is 2.44. The molecular formula is C23H25N3O2. The molecule has 1 N–H and O–H groups in total. The number of hydrogen-bond donors (Lipinski definition) is 1. The van der Waals surface area contributed by atoms with Crippen LogP contribution in [0, 0.1) is 0 Å². The number of para-hydroxylation sites is 2. The van der Waals surface area contributed by atoms with E-state index in [0.29, 0.717) is 12.1 Å². The highest BCUT2D eigenvalue weighted by Gasteiger charge is 2.38. The lowest BCUT2D eigenvalue weighted by molar-refractivity contribution is 0.0942. The van der Waals surface area contributed by atoms with Crippen molar-refractivity contribution in [3.63, 3.8) is 0 Å². The number of ether oxygens (including phenoxy) is 1. The normalized spacial score (nSPS) is 15.3. The van der Waals surface area contributed by atoms with E-state index in [1.807, 2.05) is 48.5 Å². The van der Waals surface area contributed by atoms with Gasteiger partial charge in [-0.15, -0.1) is 0 Å². The fourth-order valence-corrected chi connectivity index (χ4v) is 4.19. The van der Waals surface area contributed by atoms with E-state index in [1.165, 1.54) is 18.4 Å². The standard InChI is InChI=1S/C23H25N3O2/c1-28-21-12-6-5-11-20(21)23(13-7-8-14-23)17-24-22(27)18-15-25-26(16-18)19-9-3-2-4-10-19/h2-6,9-12,15-16H,7-8,13-14,17H2,1H3,(H,24,27). The molecule has 28 heavy (non-hydrogen) atoms. The number of rotatable bonds is 6. The SMILES string of the molecule is COc1ccccc1C1(CNC(=O)c2cnn(-c3ccccc3)c2)CCCC1. The summed E-state index contributed by atoms with van der Waals surface area (Å²) in [4.78, 5) is 12.8. The Bertz CT molecular complexity index is 943. The first kappa shape index (κ1) is 18.3. The molecule has 1 fully saturated rings. The zero-order valence-corrected chi connectivity index (χ0v) is 16.1. The maximum Gasteiger partial charge on any atom is 0.254 e. The molecule has 0 radical (unpaired) electrons. The number of methoxy groups -OCH3 is 1. The number of carbonyl (C=O) groups is 1. The van der Waals surface area contributed by atoms with Gasteiger partial charge in [-0.05, 0) is 31.0 Å². The van der Waals surface area contributed by atoms with Crippen molar-refractivity contribution < 1.29 is 9.53 Å². The van der Waals surface area contributed by atoms with Crippen LogP contribution in [0.1, 0.15) is 41.6 Å². The highest BCUT2D eigenvalue weighted by atomic mass is 16.5. The summed E-state index contributed by atoms with van der Waals surface area (Å²) in [5.41, 5.74) is 2.62. The third-order valence-corrected chi connectivity index (χ3v) is 5.69. The van der Waals surface area contributed by atoms with Crippen molar-refractivity contribution in [2.24, 2.45) is 0 Å². The summed E-state index contributed by atoms with van der Waals surface area (Å²) in [6.07, 6.45) is 7.83. The average molecular weight is 375 g/mol. The van der Waals surface area contributed by atoms with Gasteiger partial charge in [-0.2, -0.15) is 5.10 Å². The second kappa shape index (κ2) is 7.89. The summed E-state index contributed by atoms with van der Waals surface area (Å²) >= 11 is 0. The summed E-state index contributed by atoms with van der Waals surface area (Å²) in [6, 6.07) is 17.9. The molecule has 3 aromatic rings. The Labute approximate surface area is 165 Å². The van der Waals surface area contributed by atoms with Gasteiger partial charge in [-0.25, -0.2) is 4.68 Å². The fraction of sp³-hybridized carbons (Fsp3) is 0.304. The molecule has 1 heterocycles. The number of nitrogens with zero attached hydrogens (tertiary/aromatic N) is 2. The highest BCUT2D eigenvalue weighted by molar-refractivity contribution is 5.93. The Hall–Kier alpha value is -3.08. The lowest BCUT2D eigenvalue weighted by atomic mass is 9.78. The van der Waals surface area contributed by atoms with E-state index < -0.39 is 0 Å². The second-order valence-corrected chi connectivity index (χ2v) is 7.38. The van der Waals surface area contributed by atoms with E-state index in [0.717, 1.165) is 24.3 Å². The maximum atomic E-state index is 12.8. The molecule has 1 aliphatic carbocycles. The van der Waals surface area contributed by atoms with Crippen molar-refractivity contribution in [1.82, 2.24) is 15.1 Å². The molecule has 0 spiro atoms. The number of carbonyl (C=O) groups excluding carboxylic acids is 1. The van der Waals surface area contributed by atoms with Crippen LogP contribution in [0.4, 0.5) is 0 Å². The molecule has 0 bridgehead atoms. The van der Waals surface area contributed by atoms with Gasteiger partial charge in [0.15, 0.2) is 0 Å². The largest absolute Gasteiger partial charge is 0.496 e. The number of benzene rings is 2. The molecule has 4 rings (SSSR count). The molecule has 5 nitrogen and oxygen atoms in total. The zero-order valence-electron chi connectivity index (χ0n) is 16.1. The van der Waals surface area contributed by atoms with Crippen molar-refractivity contribution in [2.75, 3.05) is 13.7 Å². The molecule has 1 saturated carbocycles. The summed E-state index contributed by atoms with van der Waals surface area (Å²) in [6.45, 7) is 0.600. The molecule has 144 valence electrons. The van der Waals surface area contributed by atoms with E-state index in [-0.39, 0.29) is 11.3 Å². The summed E-state index contributed by atoms with van der Waals surface area (Å²) in [5, 5.41) is 7.47. The summed E-state index contributed by atoms with van der Waals surface area (Å²) in [7, 11) is 1.71. The predicted molar refractivity (Wildman–Crippen MR) is 109 cm³/mol. The van der Waals surface area contributed by atoms with Crippen LogP contribution in [-0.4, -0.2) is 29.3 Å². The van der Waals surface area contributed by atoms with Crippen LogP contribution in [-0.2, 0) is 5.41 Å². The van der Waals surface area contributed by atoms with E-state index in [1.54, 1.807) is 24.2 Å². The van der Waals surface area contributed by atoms with Crippen molar-refractivity contribution in [3.05, 3.63) is 78.1 Å². The molecule has 0 saturated heterocycles. The Morgan fingerprint density at radius 1 is 1.11 bits per heavy atom. The summed E-state index contributed by atoms with van der Waals surface area (Å²) < 4.78 is 7.32. The monoisotopic (exact) mass is 375 g/mol. The van der Waals surface area contributed by atoms with Crippen LogP contribution < -0.4 is 10.1 Å². The molecule has 0 aliphatic heterocycles. The van der Waals surface area contributed by atoms with Gasteiger partial charge in [0.1, 0.15) is 5.75 Å². The molecule has 1 amide bonds. The summed E-state index contributed by atoms with van der Waals surface area (Å²) in [5.74, 6) is 0.805. The van der Waals surface area contributed by atoms with Crippen LogP contribution >= 0.6 is 0 Å². The second-order valence-electron chi connectivity index (χ2n) is 7.38. The zero-order chi connectivity index (χ0) is 19.4. The van der Waals surface area contributed by atoms with Crippen LogP contribution in [0.25, 0.3) is 5.69 Å². The van der Waals surface area contributed by atoms with Crippen LogP contribution in [0.15, 0.2) is 67.0 Å². The fourth-order valence-electron chi connectivity index (χ4n) is 4.19. The topological polar surface area (TPSA) is 56.1 Å². The number of amides is 1. The molecule has 1 aliphatic rings. The average Bonchev–Trinajstić information content (AvgIpc) is 3.43. The first-order valence-electron chi connectivity index (χ1n) is 9.74. The number of hydrogen-bond acceptors (Lipinski definition) is 3. The predicted octanol–water partition coefficient (Wildman–Crippen LogP) is 4.12. The molecule has 5 heteroatoms. The van der Waals surface area contributed by atoms with Gasteiger partial charge in [-0.3, -0.25) is 4.79 Å². The van der Waals surface area contributed by atoms with Crippen molar-refractivity contribution >= 4 is 5.91 Å². The van der Waals surface area contributed by atoms with Crippen molar-refractivity contribution in [2.45, 2.75) is 31.1 Å². The van der Waals surface area contributed by atoms with Gasteiger partial charge in [0, 0.05) is 23.7 Å². The van der Waals surface area contributed by atoms with Gasteiger partial charge < -0.3 is 10.1 Å². The van der Waals surface area contributed by atoms with Crippen LogP contribution in [0.5, 0.6) is 5.75 Å². The Morgan fingerprint density at radius 3 is 2.57 bits per heavy atom. The molecule has 1 aromatic heterocycles. The molecule has 0 atom stereocenters. The number of aromatic nitrogens is 2. The van der Waals surface area contributed by atoms with Gasteiger partial charge in [0.2, 0.25) is 0 Å². The van der Waals surface area contributed by atoms with Gasteiger partial charge >= 0.3 is 0 Å². The minimum absolute atomic E-state index is 0.0717. The number of nitrogens with one attached hydrogen (secondary N) is 1. The Morgan fingerprint density at radius 2 is 1.82 bits per heavy atom. The van der Waals surface area contributed by atoms with Gasteiger partial charge in [0.05, 0.1) is 24.6 Å². The van der Waals surface area contributed by atoms with E-state index in [9.17, 15) is 4.79 Å². The van der Waals surface area contributed by atoms with Gasteiger partial charge in [0.25, 0.3) is 5.91 Å². The molecular weight excluding hydrogens is 350 g/mol. The minimum Gasteiger partial charge on any atom is -0.496 e. The minimum atomic E-state index is -0.0941. The Kier molecular flexibility index (Phi) is 5.15.